The zero-order valence-corrected chi connectivity index (χ0v) is 14.5. The van der Waals surface area contributed by atoms with E-state index in [1.807, 2.05) is 54.3 Å². The third-order valence-electron chi connectivity index (χ3n) is 4.75. The molecule has 2 aromatic rings. The van der Waals surface area contributed by atoms with Gasteiger partial charge in [-0.15, -0.1) is 0 Å². The largest absolute Gasteiger partial charge is 0.388 e. The van der Waals surface area contributed by atoms with Crippen LogP contribution < -0.4 is 0 Å². The Hall–Kier alpha value is -1.84. The molecule has 1 unspecified atom stereocenters. The molecule has 1 amide bonds. The topological polar surface area (TPSA) is 40.5 Å². The highest BCUT2D eigenvalue weighted by molar-refractivity contribution is 6.31. The fraction of sp³-hybridized carbons (Fsp3) is 0.350. The van der Waals surface area contributed by atoms with Gasteiger partial charge in [0.2, 0.25) is 0 Å². The van der Waals surface area contributed by atoms with Gasteiger partial charge in [-0.25, -0.2) is 0 Å². The van der Waals surface area contributed by atoms with Crippen LogP contribution in [0.2, 0.25) is 5.02 Å². The highest BCUT2D eigenvalue weighted by Gasteiger charge is 2.29. The first kappa shape index (κ1) is 17.0. The van der Waals surface area contributed by atoms with E-state index in [0.29, 0.717) is 17.1 Å². The minimum atomic E-state index is -0.539. The van der Waals surface area contributed by atoms with Gasteiger partial charge in [0.15, 0.2) is 0 Å². The number of hydrogen-bond acceptors (Lipinski definition) is 2. The van der Waals surface area contributed by atoms with E-state index in [1.165, 1.54) is 0 Å². The smallest absolute Gasteiger partial charge is 0.253 e. The van der Waals surface area contributed by atoms with Crippen molar-refractivity contribution in [2.24, 2.45) is 5.92 Å². The molecule has 1 saturated heterocycles. The van der Waals surface area contributed by atoms with Crippen molar-refractivity contribution in [1.29, 1.82) is 0 Å². The van der Waals surface area contributed by atoms with Crippen LogP contribution in [0, 0.1) is 12.8 Å². The van der Waals surface area contributed by atoms with E-state index in [-0.39, 0.29) is 11.8 Å². The highest BCUT2D eigenvalue weighted by atomic mass is 35.5. The Bertz CT molecular complexity index is 717. The molecule has 1 aliphatic rings. The molecule has 24 heavy (non-hydrogen) atoms. The van der Waals surface area contributed by atoms with Crippen LogP contribution in [-0.2, 0) is 0 Å². The summed E-state index contributed by atoms with van der Waals surface area (Å²) in [6.45, 7) is 3.21. The predicted octanol–water partition coefficient (Wildman–Crippen LogP) is 4.23. The third-order valence-corrected chi connectivity index (χ3v) is 5.16. The average molecular weight is 344 g/mol. The molecule has 126 valence electrons. The zero-order valence-electron chi connectivity index (χ0n) is 13.8. The van der Waals surface area contributed by atoms with E-state index in [2.05, 4.69) is 0 Å². The van der Waals surface area contributed by atoms with E-state index in [1.54, 1.807) is 6.07 Å². The van der Waals surface area contributed by atoms with Gasteiger partial charge in [-0.3, -0.25) is 4.79 Å². The Morgan fingerprint density at radius 2 is 2.00 bits per heavy atom. The van der Waals surface area contributed by atoms with E-state index in [0.717, 1.165) is 30.5 Å². The number of halogens is 1. The third kappa shape index (κ3) is 3.63. The summed E-state index contributed by atoms with van der Waals surface area (Å²) in [7, 11) is 0. The molecule has 1 heterocycles. The molecule has 3 rings (SSSR count). The molecule has 2 aromatic carbocycles. The number of likely N-dealkylation sites (tertiary alicyclic amines) is 1. The Kier molecular flexibility index (Phi) is 5.22. The lowest BCUT2D eigenvalue weighted by atomic mass is 9.88. The van der Waals surface area contributed by atoms with Gasteiger partial charge in [0.25, 0.3) is 5.91 Å². The summed E-state index contributed by atoms with van der Waals surface area (Å²) in [5, 5.41) is 11.2. The highest BCUT2D eigenvalue weighted by Crippen LogP contribution is 2.30. The monoisotopic (exact) mass is 343 g/mol. The molecule has 0 radical (unpaired) electrons. The first-order valence-electron chi connectivity index (χ1n) is 8.34. The zero-order chi connectivity index (χ0) is 17.1. The number of benzene rings is 2. The van der Waals surface area contributed by atoms with Gasteiger partial charge in [-0.2, -0.15) is 0 Å². The Morgan fingerprint density at radius 3 is 2.71 bits per heavy atom. The number of aliphatic hydroxyl groups excluding tert-OH is 1. The number of hydrogen-bond donors (Lipinski definition) is 1. The van der Waals surface area contributed by atoms with Gasteiger partial charge >= 0.3 is 0 Å². The molecule has 0 spiro atoms. The van der Waals surface area contributed by atoms with Gasteiger partial charge in [0.05, 0.1) is 6.10 Å². The summed E-state index contributed by atoms with van der Waals surface area (Å²) in [4.78, 5) is 14.6. The Labute approximate surface area is 147 Å². The maximum absolute atomic E-state index is 12.8. The average Bonchev–Trinajstić information content (AvgIpc) is 2.63. The number of carbonyl (C=O) groups excluding carboxylic acids is 1. The normalized spacial score (nSPS) is 19.1. The van der Waals surface area contributed by atoms with Crippen molar-refractivity contribution in [2.45, 2.75) is 25.9 Å². The van der Waals surface area contributed by atoms with Crippen LogP contribution in [0.15, 0.2) is 48.5 Å². The van der Waals surface area contributed by atoms with Crippen molar-refractivity contribution in [2.75, 3.05) is 13.1 Å². The van der Waals surface area contributed by atoms with Crippen LogP contribution in [-0.4, -0.2) is 29.0 Å². The van der Waals surface area contributed by atoms with Crippen LogP contribution in [0.25, 0.3) is 0 Å². The number of rotatable bonds is 3. The summed E-state index contributed by atoms with van der Waals surface area (Å²) < 4.78 is 0. The van der Waals surface area contributed by atoms with Gasteiger partial charge in [0, 0.05) is 29.6 Å². The van der Waals surface area contributed by atoms with E-state index >= 15 is 0 Å². The van der Waals surface area contributed by atoms with E-state index in [4.69, 9.17) is 11.6 Å². The number of nitrogens with zero attached hydrogens (tertiary/aromatic N) is 1. The first-order chi connectivity index (χ1) is 11.6. The standard InChI is InChI=1S/C20H22ClNO2/c1-14-9-10-16(12-18(14)21)20(24)22-11-5-8-17(13-22)19(23)15-6-3-2-4-7-15/h2-4,6-7,9-10,12,17,19,23H,5,8,11,13H2,1H3/t17?,19-/m0/s1. The van der Waals surface area contributed by atoms with E-state index in [9.17, 15) is 9.90 Å². The quantitative estimate of drug-likeness (QED) is 0.905. The fourth-order valence-electron chi connectivity index (χ4n) is 3.28. The number of piperidine rings is 1. The predicted molar refractivity (Wildman–Crippen MR) is 96.2 cm³/mol. The van der Waals surface area contributed by atoms with Gasteiger partial charge in [-0.1, -0.05) is 48.0 Å². The van der Waals surface area contributed by atoms with Crippen LogP contribution in [0.3, 0.4) is 0 Å². The number of amides is 1. The number of carbonyl (C=O) groups is 1. The number of aryl methyl sites for hydroxylation is 1. The Morgan fingerprint density at radius 1 is 1.25 bits per heavy atom. The minimum Gasteiger partial charge on any atom is -0.388 e. The SMILES string of the molecule is Cc1ccc(C(=O)N2CCCC([C@@H](O)c3ccccc3)C2)cc1Cl. The molecule has 4 heteroatoms. The lowest BCUT2D eigenvalue weighted by Crippen LogP contribution is -2.41. The second-order valence-corrected chi connectivity index (χ2v) is 6.88. The first-order valence-corrected chi connectivity index (χ1v) is 8.72. The molecule has 0 bridgehead atoms. The summed E-state index contributed by atoms with van der Waals surface area (Å²) >= 11 is 6.15. The maximum atomic E-state index is 12.8. The second-order valence-electron chi connectivity index (χ2n) is 6.47. The van der Waals surface area contributed by atoms with Crippen molar-refractivity contribution < 1.29 is 9.90 Å². The minimum absolute atomic E-state index is 0.0122. The molecule has 0 saturated carbocycles. The van der Waals surface area contributed by atoms with Crippen molar-refractivity contribution in [3.8, 4) is 0 Å². The summed E-state index contributed by atoms with van der Waals surface area (Å²) in [5.74, 6) is 0.0490. The summed E-state index contributed by atoms with van der Waals surface area (Å²) in [6, 6.07) is 15.1. The van der Waals surface area contributed by atoms with Gasteiger partial charge in [-0.05, 0) is 43.0 Å². The molecular weight excluding hydrogens is 322 g/mol. The summed E-state index contributed by atoms with van der Waals surface area (Å²) in [5.41, 5.74) is 2.49. The van der Waals surface area contributed by atoms with Crippen molar-refractivity contribution >= 4 is 17.5 Å². The van der Waals surface area contributed by atoms with Crippen molar-refractivity contribution in [1.82, 2.24) is 4.90 Å². The summed E-state index contributed by atoms with van der Waals surface area (Å²) in [6.07, 6.45) is 1.29. The second kappa shape index (κ2) is 7.37. The molecular formula is C20H22ClNO2. The van der Waals surface area contributed by atoms with Crippen LogP contribution in [0.1, 0.15) is 40.4 Å². The molecule has 3 nitrogen and oxygen atoms in total. The maximum Gasteiger partial charge on any atom is 0.253 e. The Balaban J connectivity index is 1.73. The lowest BCUT2D eigenvalue weighted by molar-refractivity contribution is 0.0401. The van der Waals surface area contributed by atoms with Gasteiger partial charge in [0.1, 0.15) is 0 Å². The fourth-order valence-corrected chi connectivity index (χ4v) is 3.46. The molecule has 0 aromatic heterocycles. The number of aliphatic hydroxyl groups is 1. The van der Waals surface area contributed by atoms with Crippen molar-refractivity contribution in [3.63, 3.8) is 0 Å². The van der Waals surface area contributed by atoms with Crippen LogP contribution in [0.4, 0.5) is 0 Å². The lowest BCUT2D eigenvalue weighted by Gasteiger charge is -2.35. The van der Waals surface area contributed by atoms with Crippen LogP contribution >= 0.6 is 11.6 Å². The molecule has 1 N–H and O–H groups in total. The molecule has 2 atom stereocenters. The van der Waals surface area contributed by atoms with Crippen LogP contribution in [0.5, 0.6) is 0 Å². The van der Waals surface area contributed by atoms with E-state index < -0.39 is 6.10 Å². The van der Waals surface area contributed by atoms with Crippen molar-refractivity contribution in [3.05, 3.63) is 70.2 Å². The molecule has 1 aliphatic heterocycles. The molecule has 1 fully saturated rings. The molecule has 0 aliphatic carbocycles. The van der Waals surface area contributed by atoms with Gasteiger partial charge < -0.3 is 10.0 Å².